The number of oxazole rings is 1. The molecule has 0 aliphatic carbocycles. The molecule has 0 unspecified atom stereocenters. The standard InChI is InChI=1S/C12H8N2O3S/c1-6-10(5-15)18-11(13-6)7-2-3-9-8(4-7)14-12(16)17-9/h2-5H,1H3,(H,14,16). The molecule has 2 aromatic heterocycles. The molecule has 0 saturated carbocycles. The molecule has 3 rings (SSSR count). The lowest BCUT2D eigenvalue weighted by Gasteiger charge is -1.94. The number of aryl methyl sites for hydroxylation is 1. The molecule has 0 spiro atoms. The summed E-state index contributed by atoms with van der Waals surface area (Å²) in [6, 6.07) is 5.30. The zero-order chi connectivity index (χ0) is 12.7. The van der Waals surface area contributed by atoms with Crippen molar-refractivity contribution in [1.29, 1.82) is 0 Å². The number of rotatable bonds is 2. The minimum absolute atomic E-state index is 0.481. The normalized spacial score (nSPS) is 10.9. The number of H-pyrrole nitrogens is 1. The maximum absolute atomic E-state index is 11.1. The molecule has 90 valence electrons. The zero-order valence-electron chi connectivity index (χ0n) is 9.39. The van der Waals surface area contributed by atoms with E-state index in [4.69, 9.17) is 4.42 Å². The van der Waals surface area contributed by atoms with Gasteiger partial charge in [0.25, 0.3) is 0 Å². The number of thiazole rings is 1. The predicted molar refractivity (Wildman–Crippen MR) is 68.1 cm³/mol. The lowest BCUT2D eigenvalue weighted by Crippen LogP contribution is -1.92. The molecular formula is C12H8N2O3S. The van der Waals surface area contributed by atoms with E-state index in [1.54, 1.807) is 19.1 Å². The fourth-order valence-corrected chi connectivity index (χ4v) is 2.60. The average Bonchev–Trinajstić information content (AvgIpc) is 2.89. The van der Waals surface area contributed by atoms with E-state index in [2.05, 4.69) is 9.97 Å². The second-order valence-electron chi connectivity index (χ2n) is 3.81. The molecular weight excluding hydrogens is 252 g/mol. The van der Waals surface area contributed by atoms with Gasteiger partial charge in [0.15, 0.2) is 11.9 Å². The number of hydrogen-bond donors (Lipinski definition) is 1. The number of aldehydes is 1. The van der Waals surface area contributed by atoms with Crippen molar-refractivity contribution < 1.29 is 9.21 Å². The number of fused-ring (bicyclic) bond motifs is 1. The fourth-order valence-electron chi connectivity index (χ4n) is 1.73. The van der Waals surface area contributed by atoms with Crippen LogP contribution in [0, 0.1) is 6.92 Å². The number of nitrogens with one attached hydrogen (secondary N) is 1. The molecule has 3 aromatic rings. The van der Waals surface area contributed by atoms with Gasteiger partial charge in [-0.05, 0) is 25.1 Å². The van der Waals surface area contributed by atoms with Gasteiger partial charge >= 0.3 is 5.76 Å². The molecule has 0 amide bonds. The van der Waals surface area contributed by atoms with Gasteiger partial charge in [0, 0.05) is 5.56 Å². The summed E-state index contributed by atoms with van der Waals surface area (Å²) in [4.78, 5) is 29.4. The van der Waals surface area contributed by atoms with Crippen LogP contribution in [0.15, 0.2) is 27.4 Å². The topological polar surface area (TPSA) is 76.0 Å². The molecule has 1 aromatic carbocycles. The number of benzene rings is 1. The Balaban J connectivity index is 2.17. The number of carbonyl (C=O) groups is 1. The van der Waals surface area contributed by atoms with Gasteiger partial charge in [-0.3, -0.25) is 9.78 Å². The molecule has 0 aliphatic heterocycles. The average molecular weight is 260 g/mol. The van der Waals surface area contributed by atoms with Crippen molar-refractivity contribution >= 4 is 28.7 Å². The Morgan fingerprint density at radius 2 is 2.28 bits per heavy atom. The van der Waals surface area contributed by atoms with Gasteiger partial charge in [-0.15, -0.1) is 11.3 Å². The summed E-state index contributed by atoms with van der Waals surface area (Å²) in [6.07, 6.45) is 0.800. The van der Waals surface area contributed by atoms with Gasteiger partial charge in [-0.1, -0.05) is 0 Å². The predicted octanol–water partition coefficient (Wildman–Crippen LogP) is 2.37. The maximum atomic E-state index is 11.1. The smallest absolute Gasteiger partial charge is 0.408 e. The number of nitrogens with zero attached hydrogens (tertiary/aromatic N) is 1. The van der Waals surface area contributed by atoms with Crippen LogP contribution >= 0.6 is 11.3 Å². The third-order valence-electron chi connectivity index (χ3n) is 2.61. The first kappa shape index (κ1) is 10.9. The van der Waals surface area contributed by atoms with E-state index in [9.17, 15) is 9.59 Å². The monoisotopic (exact) mass is 260 g/mol. The van der Waals surface area contributed by atoms with E-state index in [-0.39, 0.29) is 0 Å². The molecule has 0 radical (unpaired) electrons. The van der Waals surface area contributed by atoms with Crippen LogP contribution in [0.2, 0.25) is 0 Å². The van der Waals surface area contributed by atoms with E-state index in [1.807, 2.05) is 6.07 Å². The van der Waals surface area contributed by atoms with Crippen LogP contribution in [0.3, 0.4) is 0 Å². The number of aromatic amines is 1. The first-order valence-corrected chi connectivity index (χ1v) is 6.05. The molecule has 1 N–H and O–H groups in total. The summed E-state index contributed by atoms with van der Waals surface area (Å²) in [7, 11) is 0. The van der Waals surface area contributed by atoms with Crippen molar-refractivity contribution in [3.8, 4) is 10.6 Å². The summed E-state index contributed by atoms with van der Waals surface area (Å²) >= 11 is 1.33. The van der Waals surface area contributed by atoms with Gasteiger partial charge in [0.05, 0.1) is 16.1 Å². The lowest BCUT2D eigenvalue weighted by atomic mass is 10.2. The highest BCUT2D eigenvalue weighted by molar-refractivity contribution is 7.16. The van der Waals surface area contributed by atoms with Crippen LogP contribution in [0.25, 0.3) is 21.7 Å². The quantitative estimate of drug-likeness (QED) is 0.718. The number of aromatic nitrogens is 2. The van der Waals surface area contributed by atoms with E-state index in [1.165, 1.54) is 11.3 Å². The third kappa shape index (κ3) is 1.67. The van der Waals surface area contributed by atoms with E-state index < -0.39 is 5.76 Å². The van der Waals surface area contributed by atoms with E-state index in [0.717, 1.165) is 16.9 Å². The van der Waals surface area contributed by atoms with Gasteiger partial charge in [-0.25, -0.2) is 9.78 Å². The molecule has 0 fully saturated rings. The molecule has 6 heteroatoms. The van der Waals surface area contributed by atoms with Crippen LogP contribution in [-0.2, 0) is 0 Å². The van der Waals surface area contributed by atoms with Crippen LogP contribution < -0.4 is 5.76 Å². The molecule has 0 bridgehead atoms. The van der Waals surface area contributed by atoms with Crippen molar-refractivity contribution in [2.45, 2.75) is 6.92 Å². The first-order chi connectivity index (χ1) is 8.67. The first-order valence-electron chi connectivity index (χ1n) is 5.23. The third-order valence-corrected chi connectivity index (χ3v) is 3.74. The van der Waals surface area contributed by atoms with Crippen LogP contribution in [0.5, 0.6) is 0 Å². The van der Waals surface area contributed by atoms with E-state index >= 15 is 0 Å². The van der Waals surface area contributed by atoms with Crippen LogP contribution in [0.4, 0.5) is 0 Å². The summed E-state index contributed by atoms with van der Waals surface area (Å²) in [5.41, 5.74) is 2.69. The Morgan fingerprint density at radius 3 is 3.00 bits per heavy atom. The molecule has 5 nitrogen and oxygen atoms in total. The highest BCUT2D eigenvalue weighted by Gasteiger charge is 2.10. The fraction of sp³-hybridized carbons (Fsp3) is 0.0833. The zero-order valence-corrected chi connectivity index (χ0v) is 10.2. The van der Waals surface area contributed by atoms with Gasteiger partial charge in [0.1, 0.15) is 5.01 Å². The maximum Gasteiger partial charge on any atom is 0.417 e. The summed E-state index contributed by atoms with van der Waals surface area (Å²) in [5.74, 6) is -0.481. The Bertz CT molecular complexity index is 797. The minimum Gasteiger partial charge on any atom is -0.408 e. The van der Waals surface area contributed by atoms with E-state index in [0.29, 0.717) is 21.7 Å². The van der Waals surface area contributed by atoms with Crippen LogP contribution in [-0.4, -0.2) is 16.3 Å². The molecule has 18 heavy (non-hydrogen) atoms. The highest BCUT2D eigenvalue weighted by Crippen LogP contribution is 2.28. The largest absolute Gasteiger partial charge is 0.417 e. The Kier molecular flexibility index (Phi) is 2.38. The Hall–Kier alpha value is -2.21. The summed E-state index contributed by atoms with van der Waals surface area (Å²) in [6.45, 7) is 1.79. The van der Waals surface area contributed by atoms with Crippen molar-refractivity contribution in [1.82, 2.24) is 9.97 Å². The number of carbonyl (C=O) groups excluding carboxylic acids is 1. The second kappa shape index (κ2) is 3.92. The van der Waals surface area contributed by atoms with Crippen molar-refractivity contribution in [3.05, 3.63) is 39.3 Å². The highest BCUT2D eigenvalue weighted by atomic mass is 32.1. The van der Waals surface area contributed by atoms with Gasteiger partial charge in [-0.2, -0.15) is 0 Å². The second-order valence-corrected chi connectivity index (χ2v) is 4.84. The van der Waals surface area contributed by atoms with Crippen LogP contribution in [0.1, 0.15) is 15.4 Å². The number of hydrogen-bond acceptors (Lipinski definition) is 5. The Labute approximate surface area is 105 Å². The minimum atomic E-state index is -0.481. The molecule has 0 saturated heterocycles. The SMILES string of the molecule is Cc1nc(-c2ccc3oc(=O)[nH]c3c2)sc1C=O. The molecule has 0 aliphatic rings. The summed E-state index contributed by atoms with van der Waals surface area (Å²) < 4.78 is 4.92. The molecule has 2 heterocycles. The van der Waals surface area contributed by atoms with Crippen molar-refractivity contribution in [2.75, 3.05) is 0 Å². The van der Waals surface area contributed by atoms with Crippen molar-refractivity contribution in [3.63, 3.8) is 0 Å². The summed E-state index contributed by atoms with van der Waals surface area (Å²) in [5, 5.41) is 0.749. The van der Waals surface area contributed by atoms with Crippen molar-refractivity contribution in [2.24, 2.45) is 0 Å². The lowest BCUT2D eigenvalue weighted by molar-refractivity contribution is 0.112. The van der Waals surface area contributed by atoms with Gasteiger partial charge < -0.3 is 4.42 Å². The van der Waals surface area contributed by atoms with Gasteiger partial charge in [0.2, 0.25) is 0 Å². The Morgan fingerprint density at radius 1 is 1.44 bits per heavy atom. The molecule has 0 atom stereocenters.